The predicted molar refractivity (Wildman–Crippen MR) is 93.0 cm³/mol. The molecule has 0 bridgehead atoms. The first-order valence-corrected chi connectivity index (χ1v) is 8.50. The van der Waals surface area contributed by atoms with Gasteiger partial charge >= 0.3 is 0 Å². The number of rotatable bonds is 1. The summed E-state index contributed by atoms with van der Waals surface area (Å²) in [4.78, 5) is 18.1. The monoisotopic (exact) mass is 374 g/mol. The Hall–Kier alpha value is -1.17. The molecule has 1 aromatic heterocycles. The first-order chi connectivity index (χ1) is 10.5. The molecule has 0 saturated carbocycles. The van der Waals surface area contributed by atoms with Gasteiger partial charge in [-0.15, -0.1) is 11.3 Å². The van der Waals surface area contributed by atoms with Gasteiger partial charge < -0.3 is 4.57 Å². The number of benzene rings is 1. The molecule has 1 heterocycles. The number of carbonyl (C=O) groups excluding carboxylic acids is 1. The highest BCUT2D eigenvalue weighted by molar-refractivity contribution is 7.09. The van der Waals surface area contributed by atoms with Crippen LogP contribution in [0.2, 0.25) is 10.0 Å². The SMILES string of the molecule is Cc1c(C(C)(C)C)sc(=NC(=O)c2cc(F)c(Cl)cc2Cl)n1C. The van der Waals surface area contributed by atoms with E-state index in [1.165, 1.54) is 17.4 Å². The summed E-state index contributed by atoms with van der Waals surface area (Å²) in [5, 5.41) is -0.0452. The molecular weight excluding hydrogens is 358 g/mol. The summed E-state index contributed by atoms with van der Waals surface area (Å²) in [5.74, 6) is -1.29. The summed E-state index contributed by atoms with van der Waals surface area (Å²) in [6.07, 6.45) is 0. The summed E-state index contributed by atoms with van der Waals surface area (Å²) in [7, 11) is 1.84. The Kier molecular flexibility index (Phi) is 5.04. The highest BCUT2D eigenvalue weighted by atomic mass is 35.5. The Balaban J connectivity index is 2.55. The lowest BCUT2D eigenvalue weighted by Crippen LogP contribution is -2.15. The van der Waals surface area contributed by atoms with E-state index in [1.54, 1.807) is 0 Å². The van der Waals surface area contributed by atoms with Crippen LogP contribution in [0.15, 0.2) is 17.1 Å². The Labute approximate surface area is 148 Å². The molecule has 1 aromatic carbocycles. The molecule has 0 N–H and O–H groups in total. The van der Waals surface area contributed by atoms with Crippen molar-refractivity contribution in [2.45, 2.75) is 33.1 Å². The molecule has 0 spiro atoms. The van der Waals surface area contributed by atoms with Crippen molar-refractivity contribution in [2.24, 2.45) is 12.0 Å². The number of carbonyl (C=O) groups is 1. The molecule has 3 nitrogen and oxygen atoms in total. The number of hydrogen-bond acceptors (Lipinski definition) is 2. The van der Waals surface area contributed by atoms with Crippen LogP contribution in [0.25, 0.3) is 0 Å². The Morgan fingerprint density at radius 2 is 1.87 bits per heavy atom. The highest BCUT2D eigenvalue weighted by Gasteiger charge is 2.21. The fourth-order valence-corrected chi connectivity index (χ4v) is 3.80. The van der Waals surface area contributed by atoms with Gasteiger partial charge in [0.05, 0.1) is 15.6 Å². The van der Waals surface area contributed by atoms with Crippen molar-refractivity contribution >= 4 is 40.4 Å². The van der Waals surface area contributed by atoms with Crippen molar-refractivity contribution in [2.75, 3.05) is 0 Å². The van der Waals surface area contributed by atoms with Crippen LogP contribution in [0.4, 0.5) is 4.39 Å². The van der Waals surface area contributed by atoms with E-state index in [4.69, 9.17) is 23.2 Å². The van der Waals surface area contributed by atoms with E-state index in [9.17, 15) is 9.18 Å². The zero-order valence-electron chi connectivity index (χ0n) is 13.5. The van der Waals surface area contributed by atoms with Gasteiger partial charge in [0.25, 0.3) is 5.91 Å². The maximum atomic E-state index is 13.6. The van der Waals surface area contributed by atoms with Gasteiger partial charge in [0.15, 0.2) is 4.80 Å². The minimum atomic E-state index is -0.697. The predicted octanol–water partition coefficient (Wildman–Crippen LogP) is 4.88. The molecule has 0 atom stereocenters. The number of nitrogens with zero attached hydrogens (tertiary/aromatic N) is 2. The molecule has 0 fully saturated rings. The molecule has 0 saturated heterocycles. The van der Waals surface area contributed by atoms with Crippen LogP contribution in [-0.4, -0.2) is 10.5 Å². The molecule has 2 aromatic rings. The van der Waals surface area contributed by atoms with Crippen molar-refractivity contribution in [3.8, 4) is 0 Å². The first-order valence-electron chi connectivity index (χ1n) is 6.93. The lowest BCUT2D eigenvalue weighted by Gasteiger charge is -2.17. The second-order valence-electron chi connectivity index (χ2n) is 6.27. The lowest BCUT2D eigenvalue weighted by molar-refractivity contribution is 0.0997. The van der Waals surface area contributed by atoms with E-state index in [2.05, 4.69) is 25.8 Å². The second kappa shape index (κ2) is 6.38. The van der Waals surface area contributed by atoms with Crippen LogP contribution in [0.1, 0.15) is 41.7 Å². The molecular formula is C16H17Cl2FN2OS. The van der Waals surface area contributed by atoms with Crippen LogP contribution in [0.5, 0.6) is 0 Å². The first kappa shape index (κ1) is 18.2. The molecule has 0 aliphatic heterocycles. The van der Waals surface area contributed by atoms with Gasteiger partial charge in [-0.05, 0) is 24.5 Å². The van der Waals surface area contributed by atoms with Crippen LogP contribution >= 0.6 is 34.5 Å². The van der Waals surface area contributed by atoms with Gasteiger partial charge in [0.1, 0.15) is 5.82 Å². The average molecular weight is 375 g/mol. The number of thiazole rings is 1. The van der Waals surface area contributed by atoms with Gasteiger partial charge in [0.2, 0.25) is 0 Å². The smallest absolute Gasteiger partial charge is 0.281 e. The standard InChI is InChI=1S/C16H17Cl2FN2OS/c1-8-13(16(2,3)4)23-15(21(8)5)20-14(22)9-6-12(19)11(18)7-10(9)17/h6-7H,1-5H3. The highest BCUT2D eigenvalue weighted by Crippen LogP contribution is 2.28. The maximum Gasteiger partial charge on any atom is 0.281 e. The van der Waals surface area contributed by atoms with Crippen LogP contribution in [0.3, 0.4) is 0 Å². The number of aromatic nitrogens is 1. The summed E-state index contributed by atoms with van der Waals surface area (Å²) in [6.45, 7) is 8.28. The third-order valence-electron chi connectivity index (χ3n) is 3.43. The van der Waals surface area contributed by atoms with Gasteiger partial charge in [-0.3, -0.25) is 4.79 Å². The van der Waals surface area contributed by atoms with E-state index in [-0.39, 0.29) is 21.0 Å². The zero-order chi connectivity index (χ0) is 17.5. The molecule has 0 aliphatic rings. The topological polar surface area (TPSA) is 34.4 Å². The van der Waals surface area contributed by atoms with Crippen LogP contribution in [0, 0.1) is 12.7 Å². The number of halogens is 3. The molecule has 0 unspecified atom stereocenters. The van der Waals surface area contributed by atoms with E-state index >= 15 is 0 Å². The minimum absolute atomic E-state index is 0.00284. The summed E-state index contributed by atoms with van der Waals surface area (Å²) < 4.78 is 15.4. The van der Waals surface area contributed by atoms with Gasteiger partial charge in [0, 0.05) is 17.6 Å². The molecule has 0 aliphatic carbocycles. The molecule has 0 radical (unpaired) electrons. The largest absolute Gasteiger partial charge is 0.324 e. The van der Waals surface area contributed by atoms with Gasteiger partial charge in [-0.2, -0.15) is 4.99 Å². The molecule has 7 heteroatoms. The van der Waals surface area contributed by atoms with Gasteiger partial charge in [-0.1, -0.05) is 44.0 Å². The van der Waals surface area contributed by atoms with Crippen LogP contribution in [-0.2, 0) is 12.5 Å². The number of hydrogen-bond donors (Lipinski definition) is 0. The summed E-state index contributed by atoms with van der Waals surface area (Å²) in [6, 6.07) is 2.23. The normalized spacial score (nSPS) is 12.8. The molecule has 124 valence electrons. The molecule has 2 rings (SSSR count). The third kappa shape index (κ3) is 3.67. The van der Waals surface area contributed by atoms with Crippen molar-refractivity contribution in [3.63, 3.8) is 0 Å². The minimum Gasteiger partial charge on any atom is -0.324 e. The van der Waals surface area contributed by atoms with E-state index in [0.717, 1.165) is 16.6 Å². The Morgan fingerprint density at radius 1 is 1.26 bits per heavy atom. The lowest BCUT2D eigenvalue weighted by atomic mass is 9.93. The fraction of sp³-hybridized carbons (Fsp3) is 0.375. The maximum absolute atomic E-state index is 13.6. The van der Waals surface area contributed by atoms with E-state index < -0.39 is 11.7 Å². The Morgan fingerprint density at radius 3 is 2.39 bits per heavy atom. The van der Waals surface area contributed by atoms with E-state index in [1.807, 2.05) is 18.5 Å². The summed E-state index contributed by atoms with van der Waals surface area (Å²) in [5.41, 5.74) is 0.993. The van der Waals surface area contributed by atoms with Crippen molar-refractivity contribution in [1.82, 2.24) is 4.57 Å². The Bertz CT molecular complexity index is 847. The summed E-state index contributed by atoms with van der Waals surface area (Å²) >= 11 is 13.1. The second-order valence-corrected chi connectivity index (χ2v) is 8.06. The van der Waals surface area contributed by atoms with Crippen molar-refractivity contribution in [3.05, 3.63) is 48.9 Å². The zero-order valence-corrected chi connectivity index (χ0v) is 15.8. The van der Waals surface area contributed by atoms with Crippen LogP contribution < -0.4 is 4.80 Å². The fourth-order valence-electron chi connectivity index (χ4n) is 2.16. The quantitative estimate of drug-likeness (QED) is 0.654. The average Bonchev–Trinajstić information content (AvgIpc) is 2.71. The molecule has 1 amide bonds. The van der Waals surface area contributed by atoms with Gasteiger partial charge in [-0.25, -0.2) is 4.39 Å². The number of amides is 1. The van der Waals surface area contributed by atoms with Crippen molar-refractivity contribution in [1.29, 1.82) is 0 Å². The third-order valence-corrected chi connectivity index (χ3v) is 5.69. The molecule has 23 heavy (non-hydrogen) atoms. The van der Waals surface area contributed by atoms with Crippen molar-refractivity contribution < 1.29 is 9.18 Å². The van der Waals surface area contributed by atoms with E-state index in [0.29, 0.717) is 4.80 Å².